The molecule has 22 heavy (non-hydrogen) atoms. The highest BCUT2D eigenvalue weighted by molar-refractivity contribution is 6.23. The second-order valence-electron chi connectivity index (χ2n) is 4.08. The number of halogens is 5. The molecule has 4 nitrogen and oxygen atoms in total. The molecule has 0 unspecified atom stereocenters. The van der Waals surface area contributed by atoms with Gasteiger partial charge in [-0.05, 0) is 30.7 Å². The first kappa shape index (κ1) is 16.3. The smallest absolute Gasteiger partial charge is 0.376 e. The van der Waals surface area contributed by atoms with Gasteiger partial charge < -0.3 is 4.74 Å². The van der Waals surface area contributed by atoms with E-state index in [1.165, 1.54) is 31.3 Å². The first-order valence-corrected chi connectivity index (χ1v) is 6.42. The van der Waals surface area contributed by atoms with Crippen molar-refractivity contribution in [2.45, 2.75) is 12.3 Å². The van der Waals surface area contributed by atoms with E-state index in [-0.39, 0.29) is 12.3 Å². The summed E-state index contributed by atoms with van der Waals surface area (Å²) in [6.07, 6.45) is 1.34. The van der Waals surface area contributed by atoms with Crippen LogP contribution in [0.1, 0.15) is 23.1 Å². The van der Waals surface area contributed by atoms with E-state index in [0.29, 0.717) is 0 Å². The van der Waals surface area contributed by atoms with Gasteiger partial charge in [0.15, 0.2) is 11.5 Å². The average Bonchev–Trinajstić information content (AvgIpc) is 2.84. The first-order chi connectivity index (χ1) is 10.3. The van der Waals surface area contributed by atoms with Crippen LogP contribution < -0.4 is 0 Å². The number of esters is 1. The van der Waals surface area contributed by atoms with Crippen molar-refractivity contribution < 1.29 is 27.1 Å². The van der Waals surface area contributed by atoms with Crippen LogP contribution in [0.4, 0.5) is 17.6 Å². The van der Waals surface area contributed by atoms with Gasteiger partial charge in [0.25, 0.3) is 0 Å². The van der Waals surface area contributed by atoms with Gasteiger partial charge in [-0.15, -0.1) is 0 Å². The minimum Gasteiger partial charge on any atom is -0.461 e. The number of carbonyl (C=O) groups is 1. The largest absolute Gasteiger partial charge is 0.461 e. The number of nitrogens with zero attached hydrogens (tertiary/aromatic N) is 2. The predicted molar refractivity (Wildman–Crippen MR) is 71.1 cm³/mol. The monoisotopic (exact) mass is 336 g/mol. The molecule has 0 saturated heterocycles. The number of hydrogen-bond donors (Lipinski definition) is 0. The van der Waals surface area contributed by atoms with Gasteiger partial charge in [0, 0.05) is 6.20 Å². The third-order valence-electron chi connectivity index (χ3n) is 2.65. The van der Waals surface area contributed by atoms with Crippen LogP contribution in [0, 0.1) is 0 Å². The zero-order valence-corrected chi connectivity index (χ0v) is 11.9. The van der Waals surface area contributed by atoms with Crippen molar-refractivity contribution in [1.29, 1.82) is 0 Å². The molecule has 2 aromatic heterocycles. The van der Waals surface area contributed by atoms with Crippen LogP contribution >= 0.6 is 11.6 Å². The van der Waals surface area contributed by atoms with Crippen molar-refractivity contribution >= 4 is 29.0 Å². The molecule has 0 spiro atoms. The molecule has 0 amide bonds. The standard InChI is InChI=1S/C13H9ClF4N2O2/c1-2-22-12(21)10-9(8(15)11(16)13(14,17)18)19-7-5-3-4-6-20(7)10/h3-6H,2H2,1H3/b11-8+. The van der Waals surface area contributed by atoms with Gasteiger partial charge >= 0.3 is 11.4 Å². The molecule has 2 heterocycles. The summed E-state index contributed by atoms with van der Waals surface area (Å²) in [5, 5.41) is -4.55. The molecular weight excluding hydrogens is 328 g/mol. The quantitative estimate of drug-likeness (QED) is 0.482. The van der Waals surface area contributed by atoms with E-state index < -0.39 is 34.4 Å². The van der Waals surface area contributed by atoms with E-state index in [1.54, 1.807) is 0 Å². The van der Waals surface area contributed by atoms with Gasteiger partial charge in [0.05, 0.1) is 6.61 Å². The maximum Gasteiger partial charge on any atom is 0.376 e. The summed E-state index contributed by atoms with van der Waals surface area (Å²) < 4.78 is 58.6. The highest BCUT2D eigenvalue weighted by Gasteiger charge is 2.38. The summed E-state index contributed by atoms with van der Waals surface area (Å²) in [5.41, 5.74) is -1.35. The van der Waals surface area contributed by atoms with Crippen molar-refractivity contribution in [2.24, 2.45) is 0 Å². The molecule has 118 valence electrons. The van der Waals surface area contributed by atoms with Crippen molar-refractivity contribution in [1.82, 2.24) is 9.38 Å². The normalized spacial score (nSPS) is 13.2. The fourth-order valence-corrected chi connectivity index (χ4v) is 1.85. The number of carbonyl (C=O) groups excluding carboxylic acids is 1. The van der Waals surface area contributed by atoms with Crippen LogP contribution in [0.3, 0.4) is 0 Å². The first-order valence-electron chi connectivity index (χ1n) is 6.04. The molecule has 0 aliphatic heterocycles. The van der Waals surface area contributed by atoms with Crippen LogP contribution in [0.5, 0.6) is 0 Å². The van der Waals surface area contributed by atoms with Crippen molar-refractivity contribution in [3.8, 4) is 0 Å². The predicted octanol–water partition coefficient (Wildman–Crippen LogP) is 3.95. The van der Waals surface area contributed by atoms with E-state index >= 15 is 0 Å². The maximum atomic E-state index is 14.0. The average molecular weight is 337 g/mol. The number of rotatable bonds is 4. The Bertz CT molecular complexity index is 752. The van der Waals surface area contributed by atoms with Gasteiger partial charge in [-0.3, -0.25) is 4.40 Å². The van der Waals surface area contributed by atoms with Gasteiger partial charge in [0.2, 0.25) is 5.83 Å². The number of hydrogen-bond acceptors (Lipinski definition) is 3. The van der Waals surface area contributed by atoms with Crippen LogP contribution in [-0.2, 0) is 4.74 Å². The molecule has 9 heteroatoms. The zero-order chi connectivity index (χ0) is 16.5. The number of pyridine rings is 1. The molecule has 2 rings (SSSR count). The highest BCUT2D eigenvalue weighted by Crippen LogP contribution is 2.37. The van der Waals surface area contributed by atoms with E-state index in [9.17, 15) is 22.4 Å². The van der Waals surface area contributed by atoms with Crippen LogP contribution in [0.2, 0.25) is 0 Å². The van der Waals surface area contributed by atoms with Crippen LogP contribution in [0.15, 0.2) is 30.2 Å². The molecule has 2 aromatic rings. The maximum absolute atomic E-state index is 14.0. The number of imidazole rings is 1. The molecule has 0 N–H and O–H groups in total. The van der Waals surface area contributed by atoms with Crippen molar-refractivity contribution in [3.05, 3.63) is 41.6 Å². The second-order valence-corrected chi connectivity index (χ2v) is 4.56. The zero-order valence-electron chi connectivity index (χ0n) is 11.1. The van der Waals surface area contributed by atoms with Crippen LogP contribution in [-0.4, -0.2) is 27.3 Å². The molecule has 0 fully saturated rings. The van der Waals surface area contributed by atoms with Crippen LogP contribution in [0.25, 0.3) is 11.5 Å². The Balaban J connectivity index is 2.73. The number of ether oxygens (including phenoxy) is 1. The van der Waals surface area contributed by atoms with Gasteiger partial charge in [-0.1, -0.05) is 6.07 Å². The Morgan fingerprint density at radius 1 is 1.41 bits per heavy atom. The fraction of sp³-hybridized carbons (Fsp3) is 0.231. The highest BCUT2D eigenvalue weighted by atomic mass is 35.5. The van der Waals surface area contributed by atoms with Gasteiger partial charge in [-0.2, -0.15) is 8.78 Å². The molecular formula is C13H9ClF4N2O2. The third-order valence-corrected chi connectivity index (χ3v) is 2.81. The summed E-state index contributed by atoms with van der Waals surface area (Å²) in [5.74, 6) is -5.58. The van der Waals surface area contributed by atoms with Crippen molar-refractivity contribution in [2.75, 3.05) is 6.61 Å². The Morgan fingerprint density at radius 3 is 2.68 bits per heavy atom. The van der Waals surface area contributed by atoms with Crippen molar-refractivity contribution in [3.63, 3.8) is 0 Å². The summed E-state index contributed by atoms with van der Waals surface area (Å²) in [4.78, 5) is 15.5. The number of aromatic nitrogens is 2. The molecule has 0 aliphatic carbocycles. The van der Waals surface area contributed by atoms with Gasteiger partial charge in [0.1, 0.15) is 11.3 Å². The summed E-state index contributed by atoms with van der Waals surface area (Å²) in [6.45, 7) is 1.46. The summed E-state index contributed by atoms with van der Waals surface area (Å²) in [6, 6.07) is 4.40. The topological polar surface area (TPSA) is 43.6 Å². The van der Waals surface area contributed by atoms with Gasteiger partial charge in [-0.25, -0.2) is 18.6 Å². The number of fused-ring (bicyclic) bond motifs is 1. The number of allylic oxidation sites excluding steroid dienone is 1. The number of alkyl halides is 3. The Labute approximate surface area is 127 Å². The van der Waals surface area contributed by atoms with E-state index in [4.69, 9.17) is 4.74 Å². The Morgan fingerprint density at radius 2 is 2.09 bits per heavy atom. The lowest BCUT2D eigenvalue weighted by atomic mass is 10.2. The van der Waals surface area contributed by atoms with E-state index in [1.807, 2.05) is 0 Å². The lowest BCUT2D eigenvalue weighted by molar-refractivity contribution is 0.0517. The molecule has 0 radical (unpaired) electrons. The molecule has 0 atom stereocenters. The molecule has 0 aliphatic rings. The lowest BCUT2D eigenvalue weighted by Crippen LogP contribution is -2.12. The van der Waals surface area contributed by atoms with E-state index in [0.717, 1.165) is 4.40 Å². The summed E-state index contributed by atoms with van der Waals surface area (Å²) in [7, 11) is 0. The molecule has 0 saturated carbocycles. The second kappa shape index (κ2) is 5.96. The minimum absolute atomic E-state index is 0.0438. The minimum atomic E-state index is -4.55. The Kier molecular flexibility index (Phi) is 4.41. The fourth-order valence-electron chi connectivity index (χ4n) is 1.77. The third kappa shape index (κ3) is 2.92. The molecule has 0 aromatic carbocycles. The SMILES string of the molecule is CCOC(=O)c1c(/C(F)=C(\F)C(F)(F)Cl)nc2ccccn12. The lowest BCUT2D eigenvalue weighted by Gasteiger charge is -2.07. The Hall–Kier alpha value is -2.09. The molecule has 0 bridgehead atoms. The summed E-state index contributed by atoms with van der Waals surface area (Å²) >= 11 is 4.46. The van der Waals surface area contributed by atoms with E-state index in [2.05, 4.69) is 16.6 Å².